The molecule has 1 aliphatic heterocycles. The molecule has 1 saturated heterocycles. The topological polar surface area (TPSA) is 113 Å². The molecule has 0 atom stereocenters. The molecule has 0 spiro atoms. The van der Waals surface area contributed by atoms with Crippen LogP contribution in [0.1, 0.15) is 44.8 Å². The zero-order chi connectivity index (χ0) is 25.8. The van der Waals surface area contributed by atoms with E-state index in [1.54, 1.807) is 53.4 Å². The van der Waals surface area contributed by atoms with Crippen LogP contribution >= 0.6 is 0 Å². The van der Waals surface area contributed by atoms with Crippen LogP contribution in [0.15, 0.2) is 83.7 Å². The van der Waals surface area contributed by atoms with E-state index in [2.05, 4.69) is 16.0 Å². The minimum absolute atomic E-state index is 0.0251. The van der Waals surface area contributed by atoms with Gasteiger partial charge >= 0.3 is 0 Å². The molecule has 2 N–H and O–H groups in total. The maximum Gasteiger partial charge on any atom is 0.290 e. The zero-order valence-corrected chi connectivity index (χ0v) is 20.0. The molecule has 0 aliphatic carbocycles. The number of amides is 3. The van der Waals surface area contributed by atoms with Gasteiger partial charge < -0.3 is 4.90 Å². The van der Waals surface area contributed by atoms with Gasteiger partial charge in [-0.1, -0.05) is 60.7 Å². The Morgan fingerprint density at radius 3 is 2.11 bits per heavy atom. The molecule has 0 bridgehead atoms. The van der Waals surface area contributed by atoms with Gasteiger partial charge in [-0.15, -0.1) is 0 Å². The van der Waals surface area contributed by atoms with E-state index in [1.165, 1.54) is 4.68 Å². The fourth-order valence-corrected chi connectivity index (χ4v) is 4.36. The van der Waals surface area contributed by atoms with Crippen molar-refractivity contribution in [2.24, 2.45) is 0 Å². The van der Waals surface area contributed by atoms with Gasteiger partial charge in [0, 0.05) is 30.5 Å². The summed E-state index contributed by atoms with van der Waals surface area (Å²) in [5.74, 6) is -1.00. The maximum absolute atomic E-state index is 13.0. The van der Waals surface area contributed by atoms with Crippen LogP contribution in [-0.2, 0) is 17.9 Å². The Morgan fingerprint density at radius 1 is 0.757 bits per heavy atom. The normalized spacial score (nSPS) is 13.1. The van der Waals surface area contributed by atoms with Crippen LogP contribution in [0.25, 0.3) is 10.8 Å². The van der Waals surface area contributed by atoms with Gasteiger partial charge in [0.15, 0.2) is 5.69 Å². The summed E-state index contributed by atoms with van der Waals surface area (Å²) in [6, 6.07) is 23.0. The van der Waals surface area contributed by atoms with Gasteiger partial charge in [-0.3, -0.25) is 30.0 Å². The zero-order valence-electron chi connectivity index (χ0n) is 20.0. The Hall–Kier alpha value is -4.79. The minimum Gasteiger partial charge on any atom is -0.338 e. The highest BCUT2D eigenvalue weighted by molar-refractivity contribution is 6.06. The molecule has 3 amide bonds. The number of likely N-dealkylation sites (tertiary alicyclic amines) is 1. The Labute approximate surface area is 212 Å². The van der Waals surface area contributed by atoms with Gasteiger partial charge in [0.1, 0.15) is 0 Å². The van der Waals surface area contributed by atoms with Crippen molar-refractivity contribution in [2.45, 2.75) is 25.9 Å². The Bertz CT molecular complexity index is 1530. The summed E-state index contributed by atoms with van der Waals surface area (Å²) in [6.07, 6.45) is 1.45. The molecule has 3 aromatic carbocycles. The van der Waals surface area contributed by atoms with Gasteiger partial charge in [-0.25, -0.2) is 4.68 Å². The summed E-state index contributed by atoms with van der Waals surface area (Å²) < 4.78 is 1.25. The fourth-order valence-electron chi connectivity index (χ4n) is 4.36. The summed E-state index contributed by atoms with van der Waals surface area (Å²) in [6.45, 7) is 1.45. The lowest BCUT2D eigenvalue weighted by molar-refractivity contribution is -0.128. The van der Waals surface area contributed by atoms with E-state index in [0.717, 1.165) is 24.1 Å². The van der Waals surface area contributed by atoms with Crippen LogP contribution in [0.4, 0.5) is 0 Å². The van der Waals surface area contributed by atoms with Gasteiger partial charge in [0.2, 0.25) is 5.91 Å². The number of nitrogens with one attached hydrogen (secondary N) is 2. The molecule has 0 saturated carbocycles. The number of nitrogens with zero attached hydrogens (tertiary/aromatic N) is 3. The molecule has 1 aromatic heterocycles. The number of benzene rings is 3. The predicted octanol–water partition coefficient (Wildman–Crippen LogP) is 2.64. The standard InChI is InChI=1S/C28H25N5O4/c34-24-11-6-16-32(24)17-20-12-14-21(15-13-20)26(35)29-30-27(36)25-22-9-4-5-10-23(22)28(37)33(31-25)18-19-7-2-1-3-8-19/h1-5,7-10,12-15H,6,11,16-18H2,(H,29,35)(H,30,36). The molecule has 9 heteroatoms. The van der Waals surface area contributed by atoms with Crippen molar-refractivity contribution < 1.29 is 14.4 Å². The van der Waals surface area contributed by atoms with E-state index in [4.69, 9.17) is 0 Å². The maximum atomic E-state index is 13.0. The molecule has 0 radical (unpaired) electrons. The van der Waals surface area contributed by atoms with Crippen LogP contribution < -0.4 is 16.4 Å². The van der Waals surface area contributed by atoms with Gasteiger partial charge in [0.05, 0.1) is 11.9 Å². The van der Waals surface area contributed by atoms with Crippen LogP contribution in [0, 0.1) is 0 Å². The molecule has 0 unspecified atom stereocenters. The second-order valence-corrected chi connectivity index (χ2v) is 8.87. The second-order valence-electron chi connectivity index (χ2n) is 8.87. The number of rotatable bonds is 6. The molecular formula is C28H25N5O4. The van der Waals surface area contributed by atoms with Gasteiger partial charge in [0.25, 0.3) is 17.4 Å². The molecule has 37 heavy (non-hydrogen) atoms. The lowest BCUT2D eigenvalue weighted by atomic mass is 10.1. The number of fused-ring (bicyclic) bond motifs is 1. The SMILES string of the molecule is O=C(NNC(=O)c1nn(Cc2ccccc2)c(=O)c2ccccc12)c1ccc(CN2CCCC2=O)cc1. The number of hydrogen-bond acceptors (Lipinski definition) is 5. The summed E-state index contributed by atoms with van der Waals surface area (Å²) in [5.41, 5.74) is 6.68. The summed E-state index contributed by atoms with van der Waals surface area (Å²) in [5, 5.41) is 5.07. The quantitative estimate of drug-likeness (QED) is 0.399. The van der Waals surface area contributed by atoms with Crippen molar-refractivity contribution in [3.8, 4) is 0 Å². The molecule has 2 heterocycles. The van der Waals surface area contributed by atoms with Crippen LogP contribution in [0.5, 0.6) is 0 Å². The average molecular weight is 496 g/mol. The highest BCUT2D eigenvalue weighted by atomic mass is 16.2. The second kappa shape index (κ2) is 10.4. The van der Waals surface area contributed by atoms with Gasteiger partial charge in [-0.05, 0) is 35.7 Å². The highest BCUT2D eigenvalue weighted by Crippen LogP contribution is 2.16. The number of carbonyl (C=O) groups is 3. The number of hydrogen-bond donors (Lipinski definition) is 2. The molecule has 1 aliphatic rings. The average Bonchev–Trinajstić information content (AvgIpc) is 3.33. The minimum atomic E-state index is -0.643. The van der Waals surface area contributed by atoms with E-state index in [1.807, 2.05) is 30.3 Å². The predicted molar refractivity (Wildman–Crippen MR) is 138 cm³/mol. The fraction of sp³-hybridized carbons (Fsp3) is 0.179. The largest absolute Gasteiger partial charge is 0.338 e. The van der Waals surface area contributed by atoms with E-state index in [-0.39, 0.29) is 23.7 Å². The lowest BCUT2D eigenvalue weighted by Gasteiger charge is -2.15. The number of hydrazine groups is 1. The van der Waals surface area contributed by atoms with Crippen molar-refractivity contribution in [3.63, 3.8) is 0 Å². The molecular weight excluding hydrogens is 470 g/mol. The third-order valence-corrected chi connectivity index (χ3v) is 6.31. The number of aromatic nitrogens is 2. The third-order valence-electron chi connectivity index (χ3n) is 6.31. The first-order valence-electron chi connectivity index (χ1n) is 12.0. The Kier molecular flexibility index (Phi) is 6.76. The van der Waals surface area contributed by atoms with Crippen LogP contribution in [0.2, 0.25) is 0 Å². The first-order valence-corrected chi connectivity index (χ1v) is 12.0. The van der Waals surface area contributed by atoms with Crippen molar-refractivity contribution in [2.75, 3.05) is 6.54 Å². The summed E-state index contributed by atoms with van der Waals surface area (Å²) >= 11 is 0. The van der Waals surface area contributed by atoms with Crippen molar-refractivity contribution in [1.82, 2.24) is 25.5 Å². The molecule has 186 valence electrons. The summed E-state index contributed by atoms with van der Waals surface area (Å²) in [4.78, 5) is 52.3. The number of carbonyl (C=O) groups excluding carboxylic acids is 3. The lowest BCUT2D eigenvalue weighted by Crippen LogP contribution is -2.42. The first kappa shape index (κ1) is 23.9. The van der Waals surface area contributed by atoms with Crippen molar-refractivity contribution in [3.05, 3.63) is 112 Å². The van der Waals surface area contributed by atoms with E-state index in [0.29, 0.717) is 29.3 Å². The molecule has 9 nitrogen and oxygen atoms in total. The van der Waals surface area contributed by atoms with Gasteiger partial charge in [-0.2, -0.15) is 5.10 Å². The monoisotopic (exact) mass is 495 g/mol. The third kappa shape index (κ3) is 5.25. The van der Waals surface area contributed by atoms with E-state index in [9.17, 15) is 19.2 Å². The highest BCUT2D eigenvalue weighted by Gasteiger charge is 2.20. The van der Waals surface area contributed by atoms with Crippen molar-refractivity contribution >= 4 is 28.5 Å². The Balaban J connectivity index is 1.30. The first-order chi connectivity index (χ1) is 18.0. The van der Waals surface area contributed by atoms with Crippen LogP contribution in [-0.4, -0.2) is 38.9 Å². The molecule has 4 aromatic rings. The van der Waals surface area contributed by atoms with Crippen molar-refractivity contribution in [1.29, 1.82) is 0 Å². The smallest absolute Gasteiger partial charge is 0.290 e. The van der Waals surface area contributed by atoms with E-state index < -0.39 is 11.8 Å². The van der Waals surface area contributed by atoms with Crippen LogP contribution in [0.3, 0.4) is 0 Å². The Morgan fingerprint density at radius 2 is 1.41 bits per heavy atom. The molecule has 5 rings (SSSR count). The molecule has 1 fully saturated rings. The van der Waals surface area contributed by atoms with E-state index >= 15 is 0 Å². The summed E-state index contributed by atoms with van der Waals surface area (Å²) in [7, 11) is 0.